The van der Waals surface area contributed by atoms with Gasteiger partial charge in [-0.15, -0.1) is 0 Å². The molecule has 1 aliphatic rings. The van der Waals surface area contributed by atoms with Crippen LogP contribution in [-0.4, -0.2) is 23.9 Å². The molecule has 5 nitrogen and oxygen atoms in total. The smallest absolute Gasteiger partial charge is 0.383 e. The van der Waals surface area contributed by atoms with Gasteiger partial charge in [0.05, 0.1) is 6.61 Å². The molecular weight excluding hydrogens is 194 g/mol. The fraction of sp³-hybridized carbons (Fsp3) is 0.429. The fourth-order valence-corrected chi connectivity index (χ4v) is 1.29. The fourth-order valence-electron chi connectivity index (χ4n) is 0.714. The van der Waals surface area contributed by atoms with E-state index in [1.807, 2.05) is 0 Å². The van der Waals surface area contributed by atoms with E-state index in [0.29, 0.717) is 0 Å². The number of thioether (sulfide) groups is 1. The average Bonchev–Trinajstić information content (AvgIpc) is 2.51. The van der Waals surface area contributed by atoms with Crippen molar-refractivity contribution in [2.24, 2.45) is 5.73 Å². The standard InChI is InChI=1S/C7H9NO4S/c1-2-11-6(10)5(9)4-3-13-7(8)12-4/h3,7H,2,8H2,1H3/t7-/m1/s1. The molecule has 1 atom stereocenters. The highest BCUT2D eigenvalue weighted by Crippen LogP contribution is 2.23. The molecule has 1 aliphatic heterocycles. The second-order valence-corrected chi connectivity index (χ2v) is 3.13. The molecule has 0 aromatic carbocycles. The second kappa shape index (κ2) is 4.29. The number of carbonyl (C=O) groups is 2. The summed E-state index contributed by atoms with van der Waals surface area (Å²) in [5.41, 5.74) is 4.72. The minimum Gasteiger partial charge on any atom is -0.461 e. The number of ether oxygens (including phenoxy) is 2. The van der Waals surface area contributed by atoms with Gasteiger partial charge in [0.1, 0.15) is 0 Å². The molecule has 72 valence electrons. The van der Waals surface area contributed by atoms with E-state index in [4.69, 9.17) is 10.5 Å². The van der Waals surface area contributed by atoms with Gasteiger partial charge in [0.15, 0.2) is 11.3 Å². The summed E-state index contributed by atoms with van der Waals surface area (Å²) >= 11 is 1.13. The minimum atomic E-state index is -0.913. The maximum atomic E-state index is 11.1. The summed E-state index contributed by atoms with van der Waals surface area (Å²) in [5.74, 6) is -1.75. The molecule has 0 aliphatic carbocycles. The summed E-state index contributed by atoms with van der Waals surface area (Å²) in [6.45, 7) is 1.78. The van der Waals surface area contributed by atoms with Crippen LogP contribution in [-0.2, 0) is 19.1 Å². The molecule has 0 fully saturated rings. The topological polar surface area (TPSA) is 78.6 Å². The third-order valence-corrected chi connectivity index (χ3v) is 1.95. The van der Waals surface area contributed by atoms with Crippen LogP contribution in [0.2, 0.25) is 0 Å². The highest BCUT2D eigenvalue weighted by Gasteiger charge is 2.27. The zero-order valence-corrected chi connectivity index (χ0v) is 7.80. The third kappa shape index (κ3) is 2.46. The largest absolute Gasteiger partial charge is 0.461 e. The number of Topliss-reactive ketones (excluding diaryl/α,β-unsaturated/α-hetero) is 1. The maximum Gasteiger partial charge on any atom is 0.383 e. The van der Waals surface area contributed by atoms with Crippen LogP contribution in [0.15, 0.2) is 11.2 Å². The van der Waals surface area contributed by atoms with Crippen LogP contribution in [0.1, 0.15) is 6.92 Å². The molecule has 0 bridgehead atoms. The number of hydrogen-bond acceptors (Lipinski definition) is 6. The van der Waals surface area contributed by atoms with E-state index in [1.165, 1.54) is 5.41 Å². The van der Waals surface area contributed by atoms with E-state index in [0.717, 1.165) is 11.8 Å². The quantitative estimate of drug-likeness (QED) is 0.512. The molecule has 6 heteroatoms. The van der Waals surface area contributed by atoms with Crippen molar-refractivity contribution in [1.82, 2.24) is 0 Å². The van der Waals surface area contributed by atoms with Crippen molar-refractivity contribution in [3.63, 3.8) is 0 Å². The van der Waals surface area contributed by atoms with Crippen LogP contribution in [0.4, 0.5) is 0 Å². The number of hydrogen-bond donors (Lipinski definition) is 1. The van der Waals surface area contributed by atoms with E-state index in [2.05, 4.69) is 4.74 Å². The Balaban J connectivity index is 2.53. The van der Waals surface area contributed by atoms with Gasteiger partial charge >= 0.3 is 11.8 Å². The van der Waals surface area contributed by atoms with Gasteiger partial charge in [-0.05, 0) is 6.92 Å². The molecule has 0 radical (unpaired) electrons. The lowest BCUT2D eigenvalue weighted by Crippen LogP contribution is -2.23. The van der Waals surface area contributed by atoms with Crippen LogP contribution in [0, 0.1) is 0 Å². The summed E-state index contributed by atoms with van der Waals surface area (Å²) < 4.78 is 9.33. The molecule has 1 rings (SSSR count). The molecule has 0 aromatic rings. The van der Waals surface area contributed by atoms with Gasteiger partial charge in [0.2, 0.25) is 0 Å². The van der Waals surface area contributed by atoms with E-state index in [1.54, 1.807) is 6.92 Å². The van der Waals surface area contributed by atoms with Gasteiger partial charge in [0.25, 0.3) is 0 Å². The van der Waals surface area contributed by atoms with Crippen molar-refractivity contribution in [2.45, 2.75) is 12.5 Å². The first-order valence-corrected chi connectivity index (χ1v) is 4.58. The maximum absolute atomic E-state index is 11.1. The Kier molecular flexibility index (Phi) is 3.32. The van der Waals surface area contributed by atoms with Crippen LogP contribution >= 0.6 is 11.8 Å². The average molecular weight is 203 g/mol. The van der Waals surface area contributed by atoms with Crippen molar-refractivity contribution < 1.29 is 19.1 Å². The molecule has 0 unspecified atom stereocenters. The first-order chi connectivity index (χ1) is 6.15. The number of rotatable bonds is 3. The lowest BCUT2D eigenvalue weighted by atomic mass is 10.3. The zero-order valence-electron chi connectivity index (χ0n) is 6.98. The molecule has 0 amide bonds. The Labute approximate surface area is 79.2 Å². The molecule has 0 spiro atoms. The molecule has 13 heavy (non-hydrogen) atoms. The van der Waals surface area contributed by atoms with Gasteiger partial charge in [0, 0.05) is 5.41 Å². The van der Waals surface area contributed by atoms with Crippen molar-refractivity contribution in [3.8, 4) is 0 Å². The van der Waals surface area contributed by atoms with Crippen LogP contribution in [0.25, 0.3) is 0 Å². The number of carbonyl (C=O) groups excluding carboxylic acids is 2. The van der Waals surface area contributed by atoms with Gasteiger partial charge in [-0.2, -0.15) is 0 Å². The molecule has 0 saturated heterocycles. The Morgan fingerprint density at radius 3 is 2.92 bits per heavy atom. The molecule has 2 N–H and O–H groups in total. The van der Waals surface area contributed by atoms with Crippen LogP contribution in [0.5, 0.6) is 0 Å². The number of nitrogens with two attached hydrogens (primary N) is 1. The first-order valence-electron chi connectivity index (χ1n) is 3.64. The molecule has 0 saturated carbocycles. The van der Waals surface area contributed by atoms with Crippen LogP contribution < -0.4 is 5.73 Å². The summed E-state index contributed by atoms with van der Waals surface area (Å²) in [7, 11) is 0. The van der Waals surface area contributed by atoms with E-state index in [-0.39, 0.29) is 12.4 Å². The number of ketones is 1. The van der Waals surface area contributed by atoms with Crippen molar-refractivity contribution in [1.29, 1.82) is 0 Å². The highest BCUT2D eigenvalue weighted by atomic mass is 32.2. The Hall–Kier alpha value is -1.01. The van der Waals surface area contributed by atoms with Crippen molar-refractivity contribution in [2.75, 3.05) is 6.61 Å². The molecular formula is C7H9NO4S. The van der Waals surface area contributed by atoms with Gasteiger partial charge in [-0.25, -0.2) is 4.79 Å². The lowest BCUT2D eigenvalue weighted by Gasteiger charge is -2.04. The minimum absolute atomic E-state index is 0.0454. The van der Waals surface area contributed by atoms with E-state index in [9.17, 15) is 9.59 Å². The monoisotopic (exact) mass is 203 g/mol. The lowest BCUT2D eigenvalue weighted by molar-refractivity contribution is -0.153. The predicted molar refractivity (Wildman–Crippen MR) is 46.4 cm³/mol. The summed E-state index contributed by atoms with van der Waals surface area (Å²) in [4.78, 5) is 22.0. The van der Waals surface area contributed by atoms with E-state index < -0.39 is 17.3 Å². The summed E-state index contributed by atoms with van der Waals surface area (Å²) in [6.07, 6.45) is 0. The highest BCUT2D eigenvalue weighted by molar-refractivity contribution is 8.02. The summed E-state index contributed by atoms with van der Waals surface area (Å²) in [6, 6.07) is 0. The SMILES string of the molecule is CCOC(=O)C(=O)C1=CS[C@H](N)O1. The van der Waals surface area contributed by atoms with Gasteiger partial charge in [-0.1, -0.05) is 11.8 Å². The Morgan fingerprint density at radius 2 is 2.46 bits per heavy atom. The van der Waals surface area contributed by atoms with Crippen molar-refractivity contribution in [3.05, 3.63) is 11.2 Å². The first kappa shape index (κ1) is 10.1. The second-order valence-electron chi connectivity index (χ2n) is 2.15. The van der Waals surface area contributed by atoms with Crippen LogP contribution in [0.3, 0.4) is 0 Å². The van der Waals surface area contributed by atoms with Crippen molar-refractivity contribution >= 4 is 23.5 Å². The zero-order chi connectivity index (χ0) is 9.84. The molecule has 1 heterocycles. The Morgan fingerprint density at radius 1 is 1.77 bits per heavy atom. The predicted octanol–water partition coefficient (Wildman–Crippen LogP) is -0.0343. The summed E-state index contributed by atoms with van der Waals surface area (Å²) in [5, 5.41) is 1.41. The normalized spacial score (nSPS) is 20.5. The van der Waals surface area contributed by atoms with Gasteiger partial charge < -0.3 is 9.47 Å². The van der Waals surface area contributed by atoms with E-state index >= 15 is 0 Å². The van der Waals surface area contributed by atoms with Gasteiger partial charge in [-0.3, -0.25) is 10.5 Å². The Bertz CT molecular complexity index is 263. The number of esters is 1. The molecule has 0 aromatic heterocycles. The third-order valence-electron chi connectivity index (χ3n) is 1.24.